The molecule has 1 aliphatic carbocycles. The molecule has 3 amide bonds. The Labute approximate surface area is 135 Å². The number of rotatable bonds is 6. The lowest BCUT2D eigenvalue weighted by Crippen LogP contribution is -2.38. The molecule has 4 N–H and O–H groups in total. The number of benzene rings is 1. The third kappa shape index (κ3) is 3.39. The summed E-state index contributed by atoms with van der Waals surface area (Å²) in [6.45, 7) is 1.59. The molecule has 1 saturated carbocycles. The average molecular weight is 318 g/mol. The zero-order valence-electron chi connectivity index (χ0n) is 13.2. The largest absolute Gasteiger partial charge is 0.495 e. The third-order valence-corrected chi connectivity index (χ3v) is 4.31. The minimum absolute atomic E-state index is 0.0148. The first-order valence-corrected chi connectivity index (χ1v) is 7.87. The number of nitrogens with zero attached hydrogens (tertiary/aromatic N) is 1. The molecule has 0 radical (unpaired) electrons. The van der Waals surface area contributed by atoms with Crippen LogP contribution in [0.5, 0.6) is 5.75 Å². The smallest absolute Gasteiger partial charge is 0.322 e. The van der Waals surface area contributed by atoms with Crippen LogP contribution in [0.25, 0.3) is 0 Å². The average Bonchev–Trinajstić information content (AvgIpc) is 3.33. The van der Waals surface area contributed by atoms with Crippen molar-refractivity contribution in [1.82, 2.24) is 10.6 Å². The SMILES string of the molecule is COc1ccc(C(=O)NCC(N)C2CC2)cc1N1CCNC1=O. The molecule has 1 aromatic carbocycles. The molecule has 2 aliphatic rings. The topological polar surface area (TPSA) is 96.7 Å². The van der Waals surface area contributed by atoms with E-state index in [-0.39, 0.29) is 18.0 Å². The number of methoxy groups -OCH3 is 1. The van der Waals surface area contributed by atoms with E-state index >= 15 is 0 Å². The molecule has 1 saturated heterocycles. The van der Waals surface area contributed by atoms with E-state index in [0.717, 1.165) is 12.8 Å². The predicted molar refractivity (Wildman–Crippen MR) is 86.8 cm³/mol. The molecule has 7 heteroatoms. The zero-order valence-corrected chi connectivity index (χ0v) is 13.2. The molecule has 0 bridgehead atoms. The van der Waals surface area contributed by atoms with Gasteiger partial charge >= 0.3 is 6.03 Å². The van der Waals surface area contributed by atoms with Gasteiger partial charge in [0.25, 0.3) is 5.91 Å². The van der Waals surface area contributed by atoms with Crippen molar-refractivity contribution in [3.63, 3.8) is 0 Å². The monoisotopic (exact) mass is 318 g/mol. The molecule has 1 unspecified atom stereocenters. The molecule has 1 atom stereocenters. The third-order valence-electron chi connectivity index (χ3n) is 4.31. The van der Waals surface area contributed by atoms with E-state index in [2.05, 4.69) is 10.6 Å². The van der Waals surface area contributed by atoms with Crippen molar-refractivity contribution in [2.45, 2.75) is 18.9 Å². The van der Waals surface area contributed by atoms with Gasteiger partial charge in [0, 0.05) is 31.2 Å². The van der Waals surface area contributed by atoms with Gasteiger partial charge in [0.1, 0.15) is 5.75 Å². The summed E-state index contributed by atoms with van der Waals surface area (Å²) in [5.74, 6) is 0.910. The standard InChI is InChI=1S/C16H22N4O3/c1-23-14-5-4-11(8-13(14)20-7-6-18-16(20)22)15(21)19-9-12(17)10-2-3-10/h4-5,8,10,12H,2-3,6-7,9,17H2,1H3,(H,18,22)(H,19,21). The summed E-state index contributed by atoms with van der Waals surface area (Å²) in [5, 5.41) is 5.60. The summed E-state index contributed by atoms with van der Waals surface area (Å²) in [6, 6.07) is 4.91. The van der Waals surface area contributed by atoms with Crippen LogP contribution in [0.2, 0.25) is 0 Å². The van der Waals surface area contributed by atoms with E-state index in [4.69, 9.17) is 10.5 Å². The molecule has 1 aliphatic heterocycles. The van der Waals surface area contributed by atoms with E-state index in [9.17, 15) is 9.59 Å². The quantitative estimate of drug-likeness (QED) is 0.719. The Balaban J connectivity index is 1.74. The van der Waals surface area contributed by atoms with Crippen molar-refractivity contribution in [2.75, 3.05) is 31.6 Å². The minimum Gasteiger partial charge on any atom is -0.495 e. The maximum atomic E-state index is 12.3. The van der Waals surface area contributed by atoms with Gasteiger partial charge in [-0.2, -0.15) is 0 Å². The molecule has 23 heavy (non-hydrogen) atoms. The van der Waals surface area contributed by atoms with Gasteiger partial charge in [-0.25, -0.2) is 4.79 Å². The highest BCUT2D eigenvalue weighted by Crippen LogP contribution is 2.32. The first-order valence-electron chi connectivity index (χ1n) is 7.87. The lowest BCUT2D eigenvalue weighted by Gasteiger charge is -2.19. The second-order valence-corrected chi connectivity index (χ2v) is 5.98. The van der Waals surface area contributed by atoms with Crippen LogP contribution >= 0.6 is 0 Å². The van der Waals surface area contributed by atoms with Gasteiger partial charge in [-0.05, 0) is 37.0 Å². The van der Waals surface area contributed by atoms with Crippen LogP contribution in [0, 0.1) is 5.92 Å². The van der Waals surface area contributed by atoms with Crippen molar-refractivity contribution >= 4 is 17.6 Å². The highest BCUT2D eigenvalue weighted by atomic mass is 16.5. The van der Waals surface area contributed by atoms with Gasteiger partial charge in [0.2, 0.25) is 0 Å². The van der Waals surface area contributed by atoms with E-state index in [1.807, 2.05) is 0 Å². The number of anilines is 1. The summed E-state index contributed by atoms with van der Waals surface area (Å²) in [6.07, 6.45) is 2.29. The van der Waals surface area contributed by atoms with Crippen LogP contribution < -0.4 is 26.0 Å². The van der Waals surface area contributed by atoms with Crippen molar-refractivity contribution < 1.29 is 14.3 Å². The number of nitrogens with two attached hydrogens (primary N) is 1. The van der Waals surface area contributed by atoms with Crippen LogP contribution in [0.4, 0.5) is 10.5 Å². The Bertz CT molecular complexity index is 615. The summed E-state index contributed by atoms with van der Waals surface area (Å²) in [5.41, 5.74) is 7.09. The Morgan fingerprint density at radius 1 is 1.52 bits per heavy atom. The molecule has 7 nitrogen and oxygen atoms in total. The normalized spacial score (nSPS) is 18.5. The van der Waals surface area contributed by atoms with Gasteiger partial charge < -0.3 is 21.1 Å². The molecular formula is C16H22N4O3. The number of carbonyl (C=O) groups excluding carboxylic acids is 2. The number of hydrogen-bond donors (Lipinski definition) is 3. The van der Waals surface area contributed by atoms with Crippen molar-refractivity contribution in [3.05, 3.63) is 23.8 Å². The number of urea groups is 1. The number of carbonyl (C=O) groups is 2. The first-order chi connectivity index (χ1) is 11.1. The number of ether oxygens (including phenoxy) is 1. The van der Waals surface area contributed by atoms with Crippen molar-refractivity contribution in [3.8, 4) is 5.75 Å². The zero-order chi connectivity index (χ0) is 16.4. The highest BCUT2D eigenvalue weighted by molar-refractivity contribution is 5.99. The predicted octanol–water partition coefficient (Wildman–Crippen LogP) is 0.692. The molecule has 124 valence electrons. The van der Waals surface area contributed by atoms with Gasteiger partial charge in [0.15, 0.2) is 0 Å². The molecule has 2 fully saturated rings. The van der Waals surface area contributed by atoms with Gasteiger partial charge in [-0.1, -0.05) is 0 Å². The second-order valence-electron chi connectivity index (χ2n) is 5.98. The van der Waals surface area contributed by atoms with E-state index in [1.165, 1.54) is 0 Å². The van der Waals surface area contributed by atoms with Crippen LogP contribution in [-0.4, -0.2) is 44.7 Å². The van der Waals surface area contributed by atoms with Crippen molar-refractivity contribution in [2.24, 2.45) is 11.7 Å². The Morgan fingerprint density at radius 2 is 2.30 bits per heavy atom. The lowest BCUT2D eigenvalue weighted by molar-refractivity contribution is 0.0950. The maximum absolute atomic E-state index is 12.3. The highest BCUT2D eigenvalue weighted by Gasteiger charge is 2.29. The Kier molecular flexibility index (Phi) is 4.38. The molecular weight excluding hydrogens is 296 g/mol. The first kappa shape index (κ1) is 15.6. The van der Waals surface area contributed by atoms with Gasteiger partial charge in [-0.15, -0.1) is 0 Å². The lowest BCUT2D eigenvalue weighted by atomic mass is 10.1. The summed E-state index contributed by atoms with van der Waals surface area (Å²) >= 11 is 0. The number of hydrogen-bond acceptors (Lipinski definition) is 4. The van der Waals surface area contributed by atoms with E-state index < -0.39 is 0 Å². The van der Waals surface area contributed by atoms with Crippen LogP contribution in [0.15, 0.2) is 18.2 Å². The maximum Gasteiger partial charge on any atom is 0.322 e. The Morgan fingerprint density at radius 3 is 2.91 bits per heavy atom. The van der Waals surface area contributed by atoms with E-state index in [0.29, 0.717) is 42.6 Å². The van der Waals surface area contributed by atoms with Crippen LogP contribution in [0.1, 0.15) is 23.2 Å². The van der Waals surface area contributed by atoms with Crippen LogP contribution in [-0.2, 0) is 0 Å². The van der Waals surface area contributed by atoms with Gasteiger partial charge in [-0.3, -0.25) is 9.69 Å². The second kappa shape index (κ2) is 6.45. The fourth-order valence-corrected chi connectivity index (χ4v) is 2.75. The molecule has 0 spiro atoms. The number of nitrogens with one attached hydrogen (secondary N) is 2. The summed E-state index contributed by atoms with van der Waals surface area (Å²) < 4.78 is 5.31. The molecule has 3 rings (SSSR count). The van der Waals surface area contributed by atoms with E-state index in [1.54, 1.807) is 30.2 Å². The fraction of sp³-hybridized carbons (Fsp3) is 0.500. The summed E-state index contributed by atoms with van der Waals surface area (Å²) in [4.78, 5) is 25.8. The minimum atomic E-state index is -0.190. The number of amides is 3. The van der Waals surface area contributed by atoms with Crippen molar-refractivity contribution in [1.29, 1.82) is 0 Å². The summed E-state index contributed by atoms with van der Waals surface area (Å²) in [7, 11) is 1.54. The molecule has 0 aromatic heterocycles. The Hall–Kier alpha value is -2.28. The fourth-order valence-electron chi connectivity index (χ4n) is 2.75. The van der Waals surface area contributed by atoms with Crippen LogP contribution in [0.3, 0.4) is 0 Å². The molecule has 1 heterocycles. The molecule has 1 aromatic rings. The van der Waals surface area contributed by atoms with Gasteiger partial charge in [0.05, 0.1) is 12.8 Å².